The molecule has 1 aromatic carbocycles. The molecule has 0 amide bonds. The van der Waals surface area contributed by atoms with Crippen LogP contribution >= 0.6 is 0 Å². The lowest BCUT2D eigenvalue weighted by molar-refractivity contribution is 0.463. The molecule has 0 aliphatic heterocycles. The van der Waals surface area contributed by atoms with Crippen LogP contribution in [-0.2, 0) is 0 Å². The number of phenols is 1. The molecule has 23 heavy (non-hydrogen) atoms. The number of aromatic hydroxyl groups is 1. The average molecular weight is 320 g/mol. The quantitative estimate of drug-likeness (QED) is 0.611. The Bertz CT molecular complexity index is 881. The standard InChI is InChI=1S/C12H10F2N8O/c1-5-19-20-21-22(5)9-3-8(6(13)2-10(9)23)17-12-16-4-7(14)11(15)18-12/h2-4,23H,1H3,(H3,15,16,17,18). The minimum absolute atomic E-state index is 0.0706. The maximum absolute atomic E-state index is 14.0. The lowest BCUT2D eigenvalue weighted by Crippen LogP contribution is -2.06. The summed E-state index contributed by atoms with van der Waals surface area (Å²) >= 11 is 0. The molecule has 0 unspecified atom stereocenters. The number of nitrogens with two attached hydrogens (primary N) is 1. The van der Waals surface area contributed by atoms with Gasteiger partial charge in [0.1, 0.15) is 11.4 Å². The molecule has 0 saturated carbocycles. The van der Waals surface area contributed by atoms with Crippen LogP contribution in [0.3, 0.4) is 0 Å². The van der Waals surface area contributed by atoms with Crippen molar-refractivity contribution in [3.8, 4) is 11.4 Å². The molecule has 0 atom stereocenters. The molecule has 0 bridgehead atoms. The SMILES string of the molecule is Cc1nnnn1-c1cc(Nc2ncc(F)c(N)n2)c(F)cc1O. The molecule has 2 heterocycles. The number of benzene rings is 1. The highest BCUT2D eigenvalue weighted by atomic mass is 19.1. The lowest BCUT2D eigenvalue weighted by Gasteiger charge is -2.11. The minimum atomic E-state index is -0.785. The van der Waals surface area contributed by atoms with Gasteiger partial charge in [0.25, 0.3) is 0 Å². The fourth-order valence-electron chi connectivity index (χ4n) is 1.83. The number of aromatic nitrogens is 6. The van der Waals surface area contributed by atoms with E-state index in [4.69, 9.17) is 5.73 Å². The van der Waals surface area contributed by atoms with Crippen molar-refractivity contribution in [3.63, 3.8) is 0 Å². The molecule has 0 saturated heterocycles. The summed E-state index contributed by atoms with van der Waals surface area (Å²) in [6.07, 6.45) is 0.857. The summed E-state index contributed by atoms with van der Waals surface area (Å²) in [6, 6.07) is 2.14. The van der Waals surface area contributed by atoms with Crippen LogP contribution in [0.2, 0.25) is 0 Å². The molecule has 0 aliphatic carbocycles. The summed E-state index contributed by atoms with van der Waals surface area (Å²) in [5, 5.41) is 23.3. The van der Waals surface area contributed by atoms with Gasteiger partial charge in [-0.15, -0.1) is 5.10 Å². The lowest BCUT2D eigenvalue weighted by atomic mass is 10.2. The molecular formula is C12H10F2N8O. The Morgan fingerprint density at radius 2 is 2.04 bits per heavy atom. The van der Waals surface area contributed by atoms with Crippen LogP contribution < -0.4 is 11.1 Å². The number of rotatable bonds is 3. The van der Waals surface area contributed by atoms with Crippen LogP contribution in [0.25, 0.3) is 5.69 Å². The summed E-state index contributed by atoms with van der Waals surface area (Å²) in [5.74, 6) is -2.01. The Hall–Kier alpha value is -3.37. The Morgan fingerprint density at radius 1 is 1.26 bits per heavy atom. The van der Waals surface area contributed by atoms with Gasteiger partial charge in [0.05, 0.1) is 11.9 Å². The van der Waals surface area contributed by atoms with E-state index in [1.807, 2.05) is 0 Å². The van der Waals surface area contributed by atoms with Crippen LogP contribution in [0.15, 0.2) is 18.3 Å². The van der Waals surface area contributed by atoms with E-state index in [2.05, 4.69) is 30.8 Å². The van der Waals surface area contributed by atoms with Gasteiger partial charge in [0, 0.05) is 6.07 Å². The topological polar surface area (TPSA) is 128 Å². The van der Waals surface area contributed by atoms with Crippen molar-refractivity contribution >= 4 is 17.5 Å². The molecule has 0 fully saturated rings. The first-order valence-electron chi connectivity index (χ1n) is 6.28. The van der Waals surface area contributed by atoms with Gasteiger partial charge in [-0.25, -0.2) is 13.8 Å². The zero-order chi connectivity index (χ0) is 16.6. The highest BCUT2D eigenvalue weighted by Gasteiger charge is 2.15. The predicted octanol–water partition coefficient (Wildman–Crippen LogP) is 1.07. The minimum Gasteiger partial charge on any atom is -0.506 e. The van der Waals surface area contributed by atoms with Crippen LogP contribution in [0.5, 0.6) is 5.75 Å². The van der Waals surface area contributed by atoms with Crippen molar-refractivity contribution in [2.75, 3.05) is 11.1 Å². The van der Waals surface area contributed by atoms with Gasteiger partial charge in [-0.2, -0.15) is 9.67 Å². The zero-order valence-corrected chi connectivity index (χ0v) is 11.7. The number of aryl methyl sites for hydroxylation is 1. The van der Waals surface area contributed by atoms with Crippen molar-refractivity contribution in [2.45, 2.75) is 6.92 Å². The Labute approximate surface area is 127 Å². The van der Waals surface area contributed by atoms with Gasteiger partial charge in [-0.3, -0.25) is 0 Å². The van der Waals surface area contributed by atoms with Crippen molar-refractivity contribution < 1.29 is 13.9 Å². The van der Waals surface area contributed by atoms with E-state index in [-0.39, 0.29) is 28.9 Å². The number of nitrogen functional groups attached to an aromatic ring is 1. The normalized spacial score (nSPS) is 10.7. The van der Waals surface area contributed by atoms with E-state index in [0.29, 0.717) is 5.82 Å². The number of halogens is 2. The molecule has 118 valence electrons. The van der Waals surface area contributed by atoms with Crippen molar-refractivity contribution in [3.05, 3.63) is 35.8 Å². The molecule has 3 aromatic rings. The Balaban J connectivity index is 2.02. The highest BCUT2D eigenvalue weighted by molar-refractivity contribution is 5.63. The van der Waals surface area contributed by atoms with Crippen LogP contribution in [-0.4, -0.2) is 35.3 Å². The summed E-state index contributed by atoms with van der Waals surface area (Å²) in [5.41, 5.74) is 5.41. The number of nitrogens with one attached hydrogen (secondary N) is 1. The number of nitrogens with zero attached hydrogens (tertiary/aromatic N) is 6. The molecule has 3 rings (SSSR count). The summed E-state index contributed by atoms with van der Waals surface area (Å²) in [4.78, 5) is 7.30. The van der Waals surface area contributed by atoms with Crippen molar-refractivity contribution in [1.29, 1.82) is 0 Å². The first kappa shape index (κ1) is 14.6. The Morgan fingerprint density at radius 3 is 2.70 bits per heavy atom. The molecular weight excluding hydrogens is 310 g/mol. The predicted molar refractivity (Wildman–Crippen MR) is 75.2 cm³/mol. The zero-order valence-electron chi connectivity index (χ0n) is 11.7. The van der Waals surface area contributed by atoms with Crippen molar-refractivity contribution in [1.82, 2.24) is 30.2 Å². The second-order valence-corrected chi connectivity index (χ2v) is 4.51. The largest absolute Gasteiger partial charge is 0.506 e. The van der Waals surface area contributed by atoms with Crippen LogP contribution in [0.1, 0.15) is 5.82 Å². The van der Waals surface area contributed by atoms with Gasteiger partial charge < -0.3 is 16.2 Å². The number of hydrogen-bond acceptors (Lipinski definition) is 8. The highest BCUT2D eigenvalue weighted by Crippen LogP contribution is 2.29. The first-order valence-corrected chi connectivity index (χ1v) is 6.28. The fraction of sp³-hybridized carbons (Fsp3) is 0.0833. The third-order valence-electron chi connectivity index (χ3n) is 2.94. The van der Waals surface area contributed by atoms with E-state index in [1.165, 1.54) is 10.7 Å². The fourth-order valence-corrected chi connectivity index (χ4v) is 1.83. The van der Waals surface area contributed by atoms with Crippen LogP contribution in [0.4, 0.5) is 26.2 Å². The number of hydrogen-bond donors (Lipinski definition) is 3. The number of anilines is 3. The molecule has 0 spiro atoms. The number of tetrazole rings is 1. The summed E-state index contributed by atoms with van der Waals surface area (Å²) in [7, 11) is 0. The molecule has 0 aliphatic rings. The summed E-state index contributed by atoms with van der Waals surface area (Å²) in [6.45, 7) is 1.61. The van der Waals surface area contributed by atoms with Gasteiger partial charge in [0.2, 0.25) is 5.95 Å². The van der Waals surface area contributed by atoms with Gasteiger partial charge in [0.15, 0.2) is 23.3 Å². The maximum Gasteiger partial charge on any atom is 0.229 e. The van der Waals surface area contributed by atoms with Crippen molar-refractivity contribution in [2.24, 2.45) is 0 Å². The smallest absolute Gasteiger partial charge is 0.229 e. The Kier molecular flexibility index (Phi) is 3.44. The van der Waals surface area contributed by atoms with E-state index < -0.39 is 11.6 Å². The second-order valence-electron chi connectivity index (χ2n) is 4.51. The summed E-state index contributed by atoms with van der Waals surface area (Å²) < 4.78 is 28.3. The van der Waals surface area contributed by atoms with E-state index in [9.17, 15) is 13.9 Å². The average Bonchev–Trinajstić information content (AvgIpc) is 2.92. The monoisotopic (exact) mass is 320 g/mol. The maximum atomic E-state index is 14.0. The van der Waals surface area contributed by atoms with E-state index >= 15 is 0 Å². The molecule has 11 heteroatoms. The number of phenolic OH excluding ortho intramolecular Hbond substituents is 1. The van der Waals surface area contributed by atoms with Gasteiger partial charge >= 0.3 is 0 Å². The van der Waals surface area contributed by atoms with E-state index in [1.54, 1.807) is 6.92 Å². The third-order valence-corrected chi connectivity index (χ3v) is 2.94. The first-order chi connectivity index (χ1) is 11.0. The molecule has 4 N–H and O–H groups in total. The molecule has 0 radical (unpaired) electrons. The van der Waals surface area contributed by atoms with Gasteiger partial charge in [-0.1, -0.05) is 0 Å². The van der Waals surface area contributed by atoms with Crippen LogP contribution in [0, 0.1) is 18.6 Å². The second kappa shape index (κ2) is 5.44. The molecule has 2 aromatic heterocycles. The molecule has 9 nitrogen and oxygen atoms in total. The third kappa shape index (κ3) is 2.71. The van der Waals surface area contributed by atoms with E-state index in [0.717, 1.165) is 12.3 Å². The van der Waals surface area contributed by atoms with Gasteiger partial charge in [-0.05, 0) is 23.4 Å².